The Labute approximate surface area is 123 Å². The van der Waals surface area contributed by atoms with E-state index in [9.17, 15) is 0 Å². The largest absolute Gasteiger partial charge is 0.370 e. The van der Waals surface area contributed by atoms with Gasteiger partial charge in [0.25, 0.3) is 0 Å². The summed E-state index contributed by atoms with van der Waals surface area (Å²) in [4.78, 5) is 2.40. The van der Waals surface area contributed by atoms with Gasteiger partial charge in [-0.1, -0.05) is 32.1 Å². The monoisotopic (exact) mass is 276 g/mol. The lowest BCUT2D eigenvalue weighted by molar-refractivity contribution is -0.0736. The van der Waals surface area contributed by atoms with Crippen molar-refractivity contribution in [2.75, 3.05) is 13.1 Å². The number of nitriles is 1. The first-order valence-electron chi connectivity index (χ1n) is 8.60. The van der Waals surface area contributed by atoms with E-state index in [0.717, 1.165) is 6.54 Å². The molecular weight excluding hydrogens is 248 g/mol. The number of hydrogen-bond donors (Lipinski definition) is 0. The van der Waals surface area contributed by atoms with Crippen molar-refractivity contribution in [3.63, 3.8) is 0 Å². The second-order valence-corrected chi connectivity index (χ2v) is 7.05. The normalized spacial score (nSPS) is 30.1. The van der Waals surface area contributed by atoms with Crippen LogP contribution < -0.4 is 0 Å². The maximum absolute atomic E-state index is 9.08. The smallest absolute Gasteiger partial charge is 0.0869 e. The summed E-state index contributed by atoms with van der Waals surface area (Å²) in [7, 11) is 0. The second-order valence-electron chi connectivity index (χ2n) is 7.05. The highest BCUT2D eigenvalue weighted by atomic mass is 16.5. The molecule has 3 nitrogen and oxygen atoms in total. The van der Waals surface area contributed by atoms with Crippen LogP contribution in [-0.2, 0) is 4.74 Å². The Morgan fingerprint density at radius 2 is 1.75 bits per heavy atom. The standard InChI is InChI=1S/C17H28N2O/c18-12-13-19(15-6-2-3-7-15)14-16-8-11-17(20-16)9-4-1-5-10-17/h15-16H,1-11,13-14H2. The van der Waals surface area contributed by atoms with Gasteiger partial charge in [0.2, 0.25) is 0 Å². The molecule has 2 saturated carbocycles. The van der Waals surface area contributed by atoms with E-state index in [1.807, 2.05) is 0 Å². The fourth-order valence-electron chi connectivity index (χ4n) is 4.55. The van der Waals surface area contributed by atoms with Crippen molar-refractivity contribution in [3.05, 3.63) is 0 Å². The van der Waals surface area contributed by atoms with Crippen LogP contribution in [0.3, 0.4) is 0 Å². The number of ether oxygens (including phenoxy) is 1. The highest BCUT2D eigenvalue weighted by Gasteiger charge is 2.41. The summed E-state index contributed by atoms with van der Waals surface area (Å²) >= 11 is 0. The molecule has 0 aromatic heterocycles. The maximum atomic E-state index is 9.08. The molecule has 1 saturated heterocycles. The van der Waals surface area contributed by atoms with Crippen LogP contribution >= 0.6 is 0 Å². The van der Waals surface area contributed by atoms with Crippen molar-refractivity contribution in [1.82, 2.24) is 4.90 Å². The van der Waals surface area contributed by atoms with Gasteiger partial charge in [-0.15, -0.1) is 0 Å². The lowest BCUT2D eigenvalue weighted by Gasteiger charge is -2.35. The molecule has 3 fully saturated rings. The zero-order valence-electron chi connectivity index (χ0n) is 12.6. The van der Waals surface area contributed by atoms with E-state index < -0.39 is 0 Å². The summed E-state index contributed by atoms with van der Waals surface area (Å²) < 4.78 is 6.48. The van der Waals surface area contributed by atoms with Crippen LogP contribution in [0.5, 0.6) is 0 Å². The maximum Gasteiger partial charge on any atom is 0.0869 e. The van der Waals surface area contributed by atoms with Crippen LogP contribution in [0.4, 0.5) is 0 Å². The first-order chi connectivity index (χ1) is 9.81. The van der Waals surface area contributed by atoms with Gasteiger partial charge in [-0.3, -0.25) is 4.90 Å². The molecule has 0 amide bonds. The lowest BCUT2D eigenvalue weighted by atomic mass is 9.83. The molecule has 0 bridgehead atoms. The van der Waals surface area contributed by atoms with Gasteiger partial charge in [0.15, 0.2) is 0 Å². The molecule has 3 heteroatoms. The van der Waals surface area contributed by atoms with E-state index in [2.05, 4.69) is 11.0 Å². The van der Waals surface area contributed by atoms with E-state index in [0.29, 0.717) is 18.7 Å². The van der Waals surface area contributed by atoms with Crippen molar-refractivity contribution in [2.24, 2.45) is 0 Å². The predicted molar refractivity (Wildman–Crippen MR) is 79.4 cm³/mol. The molecule has 1 atom stereocenters. The van der Waals surface area contributed by atoms with Crippen LogP contribution in [0.2, 0.25) is 0 Å². The Kier molecular flexibility index (Phi) is 4.63. The van der Waals surface area contributed by atoms with E-state index in [-0.39, 0.29) is 5.60 Å². The van der Waals surface area contributed by atoms with Crippen molar-refractivity contribution >= 4 is 0 Å². The third-order valence-electron chi connectivity index (χ3n) is 5.66. The molecule has 2 aliphatic carbocycles. The lowest BCUT2D eigenvalue weighted by Crippen LogP contribution is -2.41. The van der Waals surface area contributed by atoms with Gasteiger partial charge in [0.05, 0.1) is 24.3 Å². The number of hydrogen-bond acceptors (Lipinski definition) is 3. The molecular formula is C17H28N2O. The van der Waals surface area contributed by atoms with E-state index in [4.69, 9.17) is 10.00 Å². The first-order valence-corrected chi connectivity index (χ1v) is 8.60. The summed E-state index contributed by atoms with van der Waals surface area (Å²) in [6, 6.07) is 3.00. The van der Waals surface area contributed by atoms with Crippen LogP contribution in [0.25, 0.3) is 0 Å². The Morgan fingerprint density at radius 1 is 1.00 bits per heavy atom. The van der Waals surface area contributed by atoms with E-state index in [1.54, 1.807) is 0 Å². The Hall–Kier alpha value is -0.590. The predicted octanol–water partition coefficient (Wildman–Crippen LogP) is 3.64. The van der Waals surface area contributed by atoms with E-state index >= 15 is 0 Å². The summed E-state index contributed by atoms with van der Waals surface area (Å²) in [5.41, 5.74) is 0.219. The first kappa shape index (κ1) is 14.4. The molecule has 1 aliphatic heterocycles. The third-order valence-corrected chi connectivity index (χ3v) is 5.66. The zero-order valence-corrected chi connectivity index (χ0v) is 12.6. The molecule has 0 aromatic carbocycles. The SMILES string of the molecule is N#CCN(CC1CCC2(CCCCC2)O1)C1CCCC1. The number of rotatable bonds is 4. The minimum Gasteiger partial charge on any atom is -0.370 e. The Bertz CT molecular complexity index is 350. The van der Waals surface area contributed by atoms with Gasteiger partial charge in [0, 0.05) is 12.6 Å². The highest BCUT2D eigenvalue weighted by molar-refractivity contribution is 4.94. The van der Waals surface area contributed by atoms with Gasteiger partial charge in [-0.05, 0) is 38.5 Å². The average Bonchev–Trinajstić information content (AvgIpc) is 3.10. The van der Waals surface area contributed by atoms with Gasteiger partial charge in [0.1, 0.15) is 0 Å². The topological polar surface area (TPSA) is 36.3 Å². The van der Waals surface area contributed by atoms with Crippen molar-refractivity contribution < 1.29 is 4.74 Å². The van der Waals surface area contributed by atoms with Crippen molar-refractivity contribution in [1.29, 1.82) is 5.26 Å². The zero-order chi connectivity index (χ0) is 13.8. The minimum atomic E-state index is 0.219. The molecule has 20 heavy (non-hydrogen) atoms. The molecule has 0 N–H and O–H groups in total. The van der Waals surface area contributed by atoms with Gasteiger partial charge >= 0.3 is 0 Å². The van der Waals surface area contributed by atoms with Crippen LogP contribution in [0.1, 0.15) is 70.6 Å². The van der Waals surface area contributed by atoms with Crippen LogP contribution in [0.15, 0.2) is 0 Å². The van der Waals surface area contributed by atoms with Gasteiger partial charge in [-0.2, -0.15) is 5.26 Å². The third kappa shape index (κ3) is 3.18. The van der Waals surface area contributed by atoms with E-state index in [1.165, 1.54) is 70.6 Å². The molecule has 1 spiro atoms. The highest BCUT2D eigenvalue weighted by Crippen LogP contribution is 2.42. The van der Waals surface area contributed by atoms with Crippen molar-refractivity contribution in [2.45, 2.75) is 88.4 Å². The molecule has 0 radical (unpaired) electrons. The fourth-order valence-corrected chi connectivity index (χ4v) is 4.55. The van der Waals surface area contributed by atoms with Gasteiger partial charge in [-0.25, -0.2) is 0 Å². The van der Waals surface area contributed by atoms with Crippen LogP contribution in [0, 0.1) is 11.3 Å². The molecule has 112 valence electrons. The molecule has 3 aliphatic rings. The fraction of sp³-hybridized carbons (Fsp3) is 0.941. The summed E-state index contributed by atoms with van der Waals surface area (Å²) in [5, 5.41) is 9.08. The summed E-state index contributed by atoms with van der Waals surface area (Å²) in [5.74, 6) is 0. The van der Waals surface area contributed by atoms with Crippen molar-refractivity contribution in [3.8, 4) is 6.07 Å². The molecule has 3 rings (SSSR count). The Balaban J connectivity index is 1.55. The minimum absolute atomic E-state index is 0.219. The second kappa shape index (κ2) is 6.45. The Morgan fingerprint density at radius 3 is 2.45 bits per heavy atom. The molecule has 1 heterocycles. The molecule has 1 unspecified atom stereocenters. The number of nitrogens with zero attached hydrogens (tertiary/aromatic N) is 2. The van der Waals surface area contributed by atoms with Gasteiger partial charge < -0.3 is 4.74 Å². The molecule has 0 aromatic rings. The summed E-state index contributed by atoms with van der Waals surface area (Å²) in [6.07, 6.45) is 14.7. The van der Waals surface area contributed by atoms with Crippen LogP contribution in [-0.4, -0.2) is 35.7 Å². The average molecular weight is 276 g/mol. The summed E-state index contributed by atoms with van der Waals surface area (Å²) in [6.45, 7) is 1.57. The quantitative estimate of drug-likeness (QED) is 0.736.